The van der Waals surface area contributed by atoms with Gasteiger partial charge in [0.05, 0.1) is 17.3 Å². The quantitative estimate of drug-likeness (QED) is 0.0754. The molecule has 368 valence electrons. The Balaban J connectivity index is 0.000000179. The van der Waals surface area contributed by atoms with Crippen LogP contribution in [0.5, 0.6) is 0 Å². The number of hydrogen-bond acceptors (Lipinski definition) is 16. The smallest absolute Gasteiger partial charge is 0.410 e. The summed E-state index contributed by atoms with van der Waals surface area (Å²) in [5.41, 5.74) is 8.03. The first-order valence-corrected chi connectivity index (χ1v) is 25.4. The molecule has 19 nitrogen and oxygen atoms in total. The van der Waals surface area contributed by atoms with Crippen molar-refractivity contribution < 1.29 is 19.1 Å². The zero-order chi connectivity index (χ0) is 49.8. The predicted octanol–water partition coefficient (Wildman–Crippen LogP) is 8.40. The lowest BCUT2D eigenvalue weighted by atomic mass is 9.85. The summed E-state index contributed by atoms with van der Waals surface area (Å²) >= 11 is 3.11. The number of H-pyrrole nitrogens is 2. The third kappa shape index (κ3) is 11.2. The maximum absolute atomic E-state index is 12.8. The van der Waals surface area contributed by atoms with E-state index in [-0.39, 0.29) is 42.3 Å². The molecule has 0 radical (unpaired) electrons. The number of anilines is 2. The average Bonchev–Trinajstić information content (AvgIpc) is 4.23. The zero-order valence-corrected chi connectivity index (χ0v) is 42.3. The summed E-state index contributed by atoms with van der Waals surface area (Å²) in [6, 6.07) is 7.99. The first-order chi connectivity index (χ1) is 34.2. The molecule has 1 aliphatic heterocycles. The first kappa shape index (κ1) is 48.6. The van der Waals surface area contributed by atoms with Gasteiger partial charge in [0.2, 0.25) is 23.7 Å². The van der Waals surface area contributed by atoms with Gasteiger partial charge in [-0.05, 0) is 95.7 Å². The molecule has 6 N–H and O–H groups in total. The highest BCUT2D eigenvalue weighted by Gasteiger charge is 2.36. The number of aryl methyl sites for hydroxylation is 2. The molecule has 9 heterocycles. The van der Waals surface area contributed by atoms with Gasteiger partial charge in [-0.25, -0.2) is 44.7 Å². The van der Waals surface area contributed by atoms with E-state index in [9.17, 15) is 14.4 Å². The lowest BCUT2D eigenvalue weighted by Gasteiger charge is -2.38. The minimum absolute atomic E-state index is 0.0443. The molecular weight excluding hydrogens is 939 g/mol. The summed E-state index contributed by atoms with van der Waals surface area (Å²) in [7, 11) is 3.30. The van der Waals surface area contributed by atoms with E-state index in [1.54, 1.807) is 60.3 Å². The molecule has 8 aromatic rings. The first-order valence-electron chi connectivity index (χ1n) is 23.6. The summed E-state index contributed by atoms with van der Waals surface area (Å²) in [6.45, 7) is 10.1. The van der Waals surface area contributed by atoms with E-state index < -0.39 is 11.7 Å². The van der Waals surface area contributed by atoms with Crippen LogP contribution in [0.4, 0.5) is 16.7 Å². The van der Waals surface area contributed by atoms with Crippen molar-refractivity contribution in [2.45, 2.75) is 84.4 Å². The highest BCUT2D eigenvalue weighted by atomic mass is 32.1. The van der Waals surface area contributed by atoms with Crippen LogP contribution in [0.15, 0.2) is 72.2 Å². The number of fused-ring (bicyclic) bond motifs is 2. The van der Waals surface area contributed by atoms with E-state index in [2.05, 4.69) is 57.2 Å². The topological polar surface area (TPSA) is 246 Å². The van der Waals surface area contributed by atoms with Gasteiger partial charge in [-0.15, -0.1) is 22.7 Å². The van der Waals surface area contributed by atoms with Gasteiger partial charge in [-0.3, -0.25) is 9.59 Å². The van der Waals surface area contributed by atoms with E-state index >= 15 is 0 Å². The number of pyridine rings is 2. The van der Waals surface area contributed by atoms with E-state index in [4.69, 9.17) is 24.7 Å². The van der Waals surface area contributed by atoms with Crippen molar-refractivity contribution in [2.24, 2.45) is 11.8 Å². The third-order valence-electron chi connectivity index (χ3n) is 12.5. The van der Waals surface area contributed by atoms with Crippen molar-refractivity contribution in [2.75, 3.05) is 37.8 Å². The zero-order valence-electron chi connectivity index (χ0n) is 40.7. The summed E-state index contributed by atoms with van der Waals surface area (Å²) in [5.74, 6) is 0.668. The van der Waals surface area contributed by atoms with Crippen LogP contribution in [-0.2, 0) is 14.3 Å². The highest BCUT2D eigenvalue weighted by Crippen LogP contribution is 2.34. The molecule has 1 saturated heterocycles. The van der Waals surface area contributed by atoms with Gasteiger partial charge in [0.25, 0.3) is 0 Å². The Kier molecular flexibility index (Phi) is 14.3. The van der Waals surface area contributed by atoms with Crippen LogP contribution in [0, 0.1) is 25.7 Å². The largest absolute Gasteiger partial charge is 0.444 e. The lowest BCUT2D eigenvalue weighted by molar-refractivity contribution is -0.126. The minimum atomic E-state index is -0.635. The molecule has 0 spiro atoms. The fourth-order valence-electron chi connectivity index (χ4n) is 9.11. The number of ether oxygens (including phenoxy) is 1. The molecule has 0 bridgehead atoms. The fourth-order valence-corrected chi connectivity index (χ4v) is 10.3. The molecule has 4 atom stereocenters. The standard InChI is InChI=1S/C27H32N8O3S.C23H25N7OS/c1-15-11-31-25(32-17-10-16(23(36)28-5)13-35(14-17)26(37)38-27(2,3)4)34-21(15)19-12-30-22-18(19)6-7-20(33-22)24-29-8-9-39-24;1-13-11-27-23(28-15-5-3-4-14(10-15)21(31)24-2)30-19(13)17-12-26-20-16(17)6-7-18(29-20)22-25-8-9-32-22/h6-9,11-12,16-17H,10,13-14H2,1-5H3,(H,28,36)(H,30,33)(H,31,32,34);6-9,11-12,14-15H,3-5,10H2,1-2H3,(H,24,31)(H,26,29)(H,27,28,30)/t16-,17+;14-,15+/m10/s1. The Hall–Kier alpha value is -7.39. The molecule has 3 amide bonds. The molecule has 0 aromatic carbocycles. The summed E-state index contributed by atoms with van der Waals surface area (Å²) in [6.07, 6.45) is 14.9. The van der Waals surface area contributed by atoms with Gasteiger partial charge in [0.1, 0.15) is 38.3 Å². The summed E-state index contributed by atoms with van der Waals surface area (Å²) < 4.78 is 5.58. The molecule has 0 unspecified atom stereocenters. The van der Waals surface area contributed by atoms with Crippen LogP contribution < -0.4 is 21.3 Å². The van der Waals surface area contributed by atoms with Gasteiger partial charge >= 0.3 is 6.09 Å². The second kappa shape index (κ2) is 20.9. The molecule has 8 aromatic heterocycles. The van der Waals surface area contributed by atoms with Crippen LogP contribution in [0.2, 0.25) is 0 Å². The van der Waals surface area contributed by atoms with Crippen molar-refractivity contribution >= 4 is 74.5 Å². The van der Waals surface area contributed by atoms with Crippen molar-refractivity contribution in [1.82, 2.24) is 65.4 Å². The Morgan fingerprint density at radius 2 is 1.20 bits per heavy atom. The maximum atomic E-state index is 12.8. The number of amides is 3. The molecule has 2 aliphatic rings. The van der Waals surface area contributed by atoms with E-state index in [0.717, 1.165) is 103 Å². The number of carbonyl (C=O) groups excluding carboxylic acids is 3. The number of piperidine rings is 1. The number of rotatable bonds is 10. The third-order valence-corrected chi connectivity index (χ3v) is 14.1. The number of likely N-dealkylation sites (tertiary alicyclic amines) is 1. The van der Waals surface area contributed by atoms with E-state index in [1.807, 2.05) is 82.2 Å². The molecule has 2 fully saturated rings. The molecule has 10 rings (SSSR count). The normalized spacial score (nSPS) is 18.1. The highest BCUT2D eigenvalue weighted by molar-refractivity contribution is 7.13. The molecule has 21 heteroatoms. The second-order valence-electron chi connectivity index (χ2n) is 18.8. The maximum Gasteiger partial charge on any atom is 0.410 e. The van der Waals surface area contributed by atoms with Crippen LogP contribution in [0.1, 0.15) is 64.0 Å². The Morgan fingerprint density at radius 1 is 0.676 bits per heavy atom. The Morgan fingerprint density at radius 3 is 1.70 bits per heavy atom. The fraction of sp³-hybridized carbons (Fsp3) is 0.380. The van der Waals surface area contributed by atoms with Gasteiger partial charge < -0.3 is 40.9 Å². The molecule has 1 aliphatic carbocycles. The molecule has 71 heavy (non-hydrogen) atoms. The SMILES string of the molecule is CNC(=O)[C@@H]1C[C@H](Nc2ncc(C)c(-c3c[nH]c4nc(-c5nccs5)ccc34)n2)CN(C(=O)OC(C)(C)C)C1.CNC(=O)[C@H]1CCC[C@@H](Nc2ncc(C)c(-c3c[nH]c4nc(-c5nccs5)ccc34)n2)C1. The van der Waals surface area contributed by atoms with Gasteiger partial charge in [-0.1, -0.05) is 6.42 Å². The number of aromatic amines is 2. The summed E-state index contributed by atoms with van der Waals surface area (Å²) in [5, 5.41) is 19.9. The van der Waals surface area contributed by atoms with Crippen LogP contribution >= 0.6 is 22.7 Å². The number of carbonyl (C=O) groups is 3. The predicted molar refractivity (Wildman–Crippen MR) is 277 cm³/mol. The van der Waals surface area contributed by atoms with Crippen molar-refractivity contribution in [3.63, 3.8) is 0 Å². The Bertz CT molecular complexity index is 3170. The van der Waals surface area contributed by atoms with E-state index in [1.165, 1.54) is 0 Å². The summed E-state index contributed by atoms with van der Waals surface area (Å²) in [4.78, 5) is 82.4. The Labute approximate surface area is 418 Å². The average molecular weight is 996 g/mol. The minimum Gasteiger partial charge on any atom is -0.444 e. The number of thiazole rings is 2. The number of nitrogens with one attached hydrogen (secondary N) is 6. The van der Waals surface area contributed by atoms with Crippen molar-refractivity contribution in [1.29, 1.82) is 0 Å². The van der Waals surface area contributed by atoms with E-state index in [0.29, 0.717) is 24.9 Å². The number of aromatic nitrogens is 10. The monoisotopic (exact) mass is 995 g/mol. The van der Waals surface area contributed by atoms with Crippen molar-refractivity contribution in [3.05, 3.63) is 83.3 Å². The number of nitrogens with zero attached hydrogens (tertiary/aromatic N) is 9. The lowest BCUT2D eigenvalue weighted by Crippen LogP contribution is -2.53. The van der Waals surface area contributed by atoms with Crippen LogP contribution in [0.3, 0.4) is 0 Å². The van der Waals surface area contributed by atoms with Gasteiger partial charge in [-0.2, -0.15) is 0 Å². The molecular formula is C50H57N15O4S2. The molecule has 1 saturated carbocycles. The van der Waals surface area contributed by atoms with Gasteiger partial charge in [0.15, 0.2) is 0 Å². The van der Waals surface area contributed by atoms with Gasteiger partial charge in [0, 0.05) is 115 Å². The second-order valence-corrected chi connectivity index (χ2v) is 20.6. The van der Waals surface area contributed by atoms with Crippen molar-refractivity contribution in [3.8, 4) is 43.9 Å². The van der Waals surface area contributed by atoms with Crippen LogP contribution in [0.25, 0.3) is 66.0 Å². The van der Waals surface area contributed by atoms with Crippen LogP contribution in [-0.4, -0.2) is 118 Å². The number of hydrogen-bond donors (Lipinski definition) is 6.